The Kier molecular flexibility index (Phi) is 7.60. The molecule has 0 fully saturated rings. The van der Waals surface area contributed by atoms with Crippen LogP contribution >= 0.6 is 12.4 Å². The van der Waals surface area contributed by atoms with Gasteiger partial charge in [-0.2, -0.15) is 13.2 Å². The fraction of sp³-hybridized carbons (Fsp3) is 0.462. The molecular formula is C13H18ClF3N2O. The van der Waals surface area contributed by atoms with Gasteiger partial charge in [0, 0.05) is 26.6 Å². The zero-order valence-electron chi connectivity index (χ0n) is 11.3. The van der Waals surface area contributed by atoms with E-state index in [1.165, 1.54) is 11.0 Å². The Morgan fingerprint density at radius 1 is 1.35 bits per heavy atom. The number of nitrogens with one attached hydrogen (secondary N) is 1. The molecule has 0 saturated carbocycles. The van der Waals surface area contributed by atoms with Crippen LogP contribution < -0.4 is 5.32 Å². The summed E-state index contributed by atoms with van der Waals surface area (Å²) >= 11 is 0. The Hall–Kier alpha value is -1.27. The summed E-state index contributed by atoms with van der Waals surface area (Å²) in [5, 5.41) is 2.85. The first-order chi connectivity index (χ1) is 8.84. The first-order valence-corrected chi connectivity index (χ1v) is 5.89. The van der Waals surface area contributed by atoms with Crippen molar-refractivity contribution in [2.45, 2.75) is 19.1 Å². The maximum absolute atomic E-state index is 12.5. The van der Waals surface area contributed by atoms with Crippen molar-refractivity contribution in [1.29, 1.82) is 0 Å². The van der Waals surface area contributed by atoms with Gasteiger partial charge in [-0.1, -0.05) is 12.1 Å². The normalized spacial score (nSPS) is 10.8. The van der Waals surface area contributed by atoms with Crippen molar-refractivity contribution in [1.82, 2.24) is 10.2 Å². The molecule has 0 aromatic heterocycles. The molecule has 0 spiro atoms. The van der Waals surface area contributed by atoms with Gasteiger partial charge in [-0.15, -0.1) is 12.4 Å². The Morgan fingerprint density at radius 2 is 2.00 bits per heavy atom. The summed E-state index contributed by atoms with van der Waals surface area (Å²) in [6.45, 7) is 0.720. The van der Waals surface area contributed by atoms with Gasteiger partial charge < -0.3 is 10.2 Å². The Balaban J connectivity index is 0.00000361. The molecule has 0 atom stereocenters. The fourth-order valence-corrected chi connectivity index (χ4v) is 1.63. The number of hydrogen-bond acceptors (Lipinski definition) is 2. The molecule has 1 N–H and O–H groups in total. The minimum Gasteiger partial charge on any atom is -0.341 e. The Labute approximate surface area is 122 Å². The van der Waals surface area contributed by atoms with Gasteiger partial charge in [0.05, 0.1) is 5.56 Å². The first-order valence-electron chi connectivity index (χ1n) is 5.89. The second kappa shape index (κ2) is 8.11. The lowest BCUT2D eigenvalue weighted by Gasteiger charge is -2.18. The van der Waals surface area contributed by atoms with Gasteiger partial charge in [0.1, 0.15) is 0 Å². The third-order valence-corrected chi connectivity index (χ3v) is 2.69. The molecule has 1 aromatic rings. The molecule has 0 bridgehead atoms. The average molecular weight is 311 g/mol. The maximum atomic E-state index is 12.5. The molecule has 0 unspecified atom stereocenters. The van der Waals surface area contributed by atoms with Crippen LogP contribution in [0.1, 0.15) is 17.5 Å². The predicted octanol–water partition coefficient (Wildman–Crippen LogP) is 2.70. The molecule has 0 aliphatic carbocycles. The van der Waals surface area contributed by atoms with E-state index in [-0.39, 0.29) is 24.9 Å². The number of halogens is 4. The quantitative estimate of drug-likeness (QED) is 0.907. The molecule has 0 saturated heterocycles. The number of benzene rings is 1. The van der Waals surface area contributed by atoms with Gasteiger partial charge in [-0.05, 0) is 24.7 Å². The first kappa shape index (κ1) is 18.7. The number of amides is 1. The van der Waals surface area contributed by atoms with Crippen LogP contribution in [-0.2, 0) is 17.5 Å². The molecule has 114 valence electrons. The number of rotatable bonds is 5. The number of hydrogen-bond donors (Lipinski definition) is 1. The van der Waals surface area contributed by atoms with Crippen molar-refractivity contribution in [3.8, 4) is 0 Å². The van der Waals surface area contributed by atoms with Crippen LogP contribution in [-0.4, -0.2) is 31.4 Å². The van der Waals surface area contributed by atoms with Crippen molar-refractivity contribution >= 4 is 18.3 Å². The van der Waals surface area contributed by atoms with Crippen LogP contribution in [0.15, 0.2) is 24.3 Å². The summed E-state index contributed by atoms with van der Waals surface area (Å²) in [7, 11) is 3.32. The molecule has 1 amide bonds. The van der Waals surface area contributed by atoms with Crippen LogP contribution in [0.2, 0.25) is 0 Å². The Bertz CT molecular complexity index is 438. The summed E-state index contributed by atoms with van der Waals surface area (Å²) in [4.78, 5) is 13.1. The standard InChI is InChI=1S/C13H17F3N2O.ClH/c1-17-7-6-12(19)18(2)9-10-4-3-5-11(8-10)13(14,15)16;/h3-5,8,17H,6-7,9H2,1-2H3;1H. The van der Waals surface area contributed by atoms with Gasteiger partial charge in [-0.25, -0.2) is 0 Å². The van der Waals surface area contributed by atoms with E-state index < -0.39 is 11.7 Å². The van der Waals surface area contributed by atoms with E-state index in [1.54, 1.807) is 20.2 Å². The predicted molar refractivity (Wildman–Crippen MR) is 73.7 cm³/mol. The average Bonchev–Trinajstić information content (AvgIpc) is 2.35. The third-order valence-electron chi connectivity index (χ3n) is 2.69. The molecule has 1 aromatic carbocycles. The molecule has 3 nitrogen and oxygen atoms in total. The van der Waals surface area contributed by atoms with Gasteiger partial charge >= 0.3 is 6.18 Å². The summed E-state index contributed by atoms with van der Waals surface area (Å²) < 4.78 is 37.6. The maximum Gasteiger partial charge on any atom is 0.416 e. The van der Waals surface area contributed by atoms with Crippen LogP contribution in [0.25, 0.3) is 0 Å². The molecule has 1 rings (SSSR count). The van der Waals surface area contributed by atoms with E-state index >= 15 is 0 Å². The van der Waals surface area contributed by atoms with Crippen molar-refractivity contribution in [2.75, 3.05) is 20.6 Å². The molecule has 7 heteroatoms. The monoisotopic (exact) mass is 310 g/mol. The van der Waals surface area contributed by atoms with Crippen LogP contribution in [0.3, 0.4) is 0 Å². The van der Waals surface area contributed by atoms with E-state index in [0.29, 0.717) is 18.5 Å². The highest BCUT2D eigenvalue weighted by Crippen LogP contribution is 2.29. The number of alkyl halides is 3. The topological polar surface area (TPSA) is 32.3 Å². The van der Waals surface area contributed by atoms with Crippen molar-refractivity contribution < 1.29 is 18.0 Å². The highest BCUT2D eigenvalue weighted by molar-refractivity contribution is 5.85. The van der Waals surface area contributed by atoms with Crippen LogP contribution in [0.5, 0.6) is 0 Å². The SMILES string of the molecule is CNCCC(=O)N(C)Cc1cccc(C(F)(F)F)c1.Cl. The second-order valence-electron chi connectivity index (χ2n) is 4.30. The van der Waals surface area contributed by atoms with E-state index in [1.807, 2.05) is 0 Å². The largest absolute Gasteiger partial charge is 0.416 e. The summed E-state index contributed by atoms with van der Waals surface area (Å²) in [5.74, 6) is -0.105. The van der Waals surface area contributed by atoms with Crippen LogP contribution in [0, 0.1) is 0 Å². The van der Waals surface area contributed by atoms with E-state index in [9.17, 15) is 18.0 Å². The molecule has 0 aliphatic heterocycles. The minimum atomic E-state index is -4.36. The lowest BCUT2D eigenvalue weighted by Crippen LogP contribution is -2.28. The van der Waals surface area contributed by atoms with Gasteiger partial charge in [0.2, 0.25) is 5.91 Å². The van der Waals surface area contributed by atoms with Crippen molar-refractivity contribution in [3.63, 3.8) is 0 Å². The smallest absolute Gasteiger partial charge is 0.341 e. The lowest BCUT2D eigenvalue weighted by atomic mass is 10.1. The van der Waals surface area contributed by atoms with Gasteiger partial charge in [0.25, 0.3) is 0 Å². The zero-order valence-corrected chi connectivity index (χ0v) is 12.1. The van der Waals surface area contributed by atoms with Crippen LogP contribution in [0.4, 0.5) is 13.2 Å². The third kappa shape index (κ3) is 5.79. The van der Waals surface area contributed by atoms with Crippen molar-refractivity contribution in [3.05, 3.63) is 35.4 Å². The fourth-order valence-electron chi connectivity index (χ4n) is 1.63. The van der Waals surface area contributed by atoms with Gasteiger partial charge in [-0.3, -0.25) is 4.79 Å². The zero-order chi connectivity index (χ0) is 14.5. The minimum absolute atomic E-state index is 0. The lowest BCUT2D eigenvalue weighted by molar-refractivity contribution is -0.137. The number of nitrogens with zero attached hydrogens (tertiary/aromatic N) is 1. The van der Waals surface area contributed by atoms with Crippen molar-refractivity contribution in [2.24, 2.45) is 0 Å². The van der Waals surface area contributed by atoms with Gasteiger partial charge in [0.15, 0.2) is 0 Å². The van der Waals surface area contributed by atoms with E-state index in [4.69, 9.17) is 0 Å². The summed E-state index contributed by atoms with van der Waals surface area (Å²) in [5.41, 5.74) is -0.226. The summed E-state index contributed by atoms with van der Waals surface area (Å²) in [6, 6.07) is 5.02. The highest BCUT2D eigenvalue weighted by atomic mass is 35.5. The molecule has 20 heavy (non-hydrogen) atoms. The second-order valence-corrected chi connectivity index (χ2v) is 4.30. The summed E-state index contributed by atoms with van der Waals surface area (Å²) in [6.07, 6.45) is -4.03. The molecule has 0 radical (unpaired) electrons. The molecule has 0 aliphatic rings. The Morgan fingerprint density at radius 3 is 2.55 bits per heavy atom. The van der Waals surface area contributed by atoms with E-state index in [2.05, 4.69) is 5.32 Å². The van der Waals surface area contributed by atoms with E-state index in [0.717, 1.165) is 12.1 Å². The number of carbonyl (C=O) groups excluding carboxylic acids is 1. The molecular weight excluding hydrogens is 293 g/mol. The molecule has 0 heterocycles. The number of carbonyl (C=O) groups is 1. The highest BCUT2D eigenvalue weighted by Gasteiger charge is 2.30.